The average Bonchev–Trinajstić information content (AvgIpc) is 2.92. The molecule has 8 heteroatoms. The first-order chi connectivity index (χ1) is 10.3. The minimum atomic E-state index is -0.551. The summed E-state index contributed by atoms with van der Waals surface area (Å²) in [6.45, 7) is 4.87. The first kappa shape index (κ1) is 16.2. The number of carbonyl (C=O) groups excluding carboxylic acids is 1. The molecule has 0 aliphatic heterocycles. The van der Waals surface area contributed by atoms with E-state index < -0.39 is 11.2 Å². The van der Waals surface area contributed by atoms with Crippen LogP contribution in [-0.2, 0) is 23.1 Å². The number of aryl methyl sites for hydroxylation is 1. The Kier molecular flexibility index (Phi) is 4.32. The highest BCUT2D eigenvalue weighted by molar-refractivity contribution is 5.76. The molecule has 0 saturated heterocycles. The van der Waals surface area contributed by atoms with Crippen LogP contribution < -0.4 is 11.2 Å². The van der Waals surface area contributed by atoms with Crippen LogP contribution in [0.15, 0.2) is 15.9 Å². The van der Waals surface area contributed by atoms with Gasteiger partial charge in [-0.05, 0) is 20.8 Å². The minimum Gasteiger partial charge on any atom is -0.380 e. The topological polar surface area (TPSA) is 88.1 Å². The molecule has 2 atom stereocenters. The number of aromatic nitrogens is 4. The molecule has 0 fully saturated rings. The van der Waals surface area contributed by atoms with Crippen molar-refractivity contribution >= 4 is 16.9 Å². The molecule has 0 aliphatic rings. The van der Waals surface area contributed by atoms with Gasteiger partial charge < -0.3 is 9.30 Å². The second kappa shape index (κ2) is 5.88. The van der Waals surface area contributed by atoms with Crippen LogP contribution in [0.4, 0.5) is 0 Å². The Morgan fingerprint density at radius 1 is 1.36 bits per heavy atom. The monoisotopic (exact) mass is 308 g/mol. The number of ketones is 1. The fraction of sp³-hybridized carbons (Fsp3) is 0.571. The molecular weight excluding hydrogens is 288 g/mol. The number of fused-ring (bicyclic) bond motifs is 1. The van der Waals surface area contributed by atoms with E-state index in [1.807, 2.05) is 13.8 Å². The predicted octanol–water partition coefficient (Wildman–Crippen LogP) is 0.0816. The minimum absolute atomic E-state index is 0.143. The number of hydrogen-bond acceptors (Lipinski definition) is 5. The number of ether oxygens (including phenoxy) is 1. The van der Waals surface area contributed by atoms with Gasteiger partial charge in [-0.25, -0.2) is 9.78 Å². The number of carbonyl (C=O) groups is 1. The number of hydrogen-bond donors (Lipinski definition) is 0. The van der Waals surface area contributed by atoms with Gasteiger partial charge in [-0.2, -0.15) is 0 Å². The first-order valence-electron chi connectivity index (χ1n) is 6.98. The highest BCUT2D eigenvalue weighted by Crippen LogP contribution is 2.17. The predicted molar refractivity (Wildman–Crippen MR) is 81.1 cm³/mol. The van der Waals surface area contributed by atoms with Crippen molar-refractivity contribution in [1.29, 1.82) is 0 Å². The fourth-order valence-corrected chi connectivity index (χ4v) is 2.38. The molecule has 0 bridgehead atoms. The van der Waals surface area contributed by atoms with Crippen molar-refractivity contribution in [2.24, 2.45) is 7.05 Å². The maximum Gasteiger partial charge on any atom is 0.332 e. The van der Waals surface area contributed by atoms with Crippen LogP contribution in [0.2, 0.25) is 0 Å². The SMILES string of the molecule is COC(C)[C@H](C)n1cnc2c1c(=O)n(CC(C)=O)c(=O)n2C. The molecule has 2 rings (SSSR count). The van der Waals surface area contributed by atoms with Gasteiger partial charge in [0.05, 0.1) is 25.0 Å². The standard InChI is InChI=1S/C14H20N4O4/c1-8(19)6-17-13(20)11-12(16(4)14(17)21)15-7-18(11)9(2)10(3)22-5/h7,9-10H,6H2,1-5H3/t9-,10?/m0/s1. The summed E-state index contributed by atoms with van der Waals surface area (Å²) >= 11 is 0. The van der Waals surface area contributed by atoms with E-state index in [2.05, 4.69) is 4.98 Å². The van der Waals surface area contributed by atoms with Gasteiger partial charge in [0.15, 0.2) is 11.2 Å². The van der Waals surface area contributed by atoms with Crippen molar-refractivity contribution in [3.63, 3.8) is 0 Å². The van der Waals surface area contributed by atoms with Crippen molar-refractivity contribution in [1.82, 2.24) is 18.7 Å². The Hall–Kier alpha value is -2.22. The third kappa shape index (κ3) is 2.50. The second-order valence-corrected chi connectivity index (χ2v) is 5.44. The third-order valence-electron chi connectivity index (χ3n) is 3.93. The van der Waals surface area contributed by atoms with Crippen molar-refractivity contribution in [2.75, 3.05) is 7.11 Å². The normalized spacial score (nSPS) is 14.2. The third-order valence-corrected chi connectivity index (χ3v) is 3.93. The van der Waals surface area contributed by atoms with Crippen LogP contribution in [0, 0.1) is 0 Å². The van der Waals surface area contributed by atoms with Gasteiger partial charge in [-0.3, -0.25) is 18.7 Å². The van der Waals surface area contributed by atoms with Gasteiger partial charge >= 0.3 is 5.69 Å². The lowest BCUT2D eigenvalue weighted by Gasteiger charge is -2.20. The van der Waals surface area contributed by atoms with E-state index in [9.17, 15) is 14.4 Å². The summed E-state index contributed by atoms with van der Waals surface area (Å²) in [5.74, 6) is -0.261. The Morgan fingerprint density at radius 2 is 2.00 bits per heavy atom. The van der Waals surface area contributed by atoms with Crippen LogP contribution in [-0.4, -0.2) is 37.7 Å². The van der Waals surface area contributed by atoms with E-state index in [-0.39, 0.29) is 24.5 Å². The summed E-state index contributed by atoms with van der Waals surface area (Å²) in [4.78, 5) is 40.3. The smallest absolute Gasteiger partial charge is 0.332 e. The Bertz CT molecular complexity index is 830. The van der Waals surface area contributed by atoms with Crippen LogP contribution in [0.5, 0.6) is 0 Å². The maximum atomic E-state index is 12.6. The number of Topliss-reactive ketones (excluding diaryl/α,β-unsaturated/α-hetero) is 1. The number of imidazole rings is 1. The molecule has 1 unspecified atom stereocenters. The van der Waals surface area contributed by atoms with Crippen LogP contribution in [0.1, 0.15) is 26.8 Å². The molecule has 0 aromatic carbocycles. The summed E-state index contributed by atoms with van der Waals surface area (Å²) in [5, 5.41) is 0. The summed E-state index contributed by atoms with van der Waals surface area (Å²) in [7, 11) is 3.12. The van der Waals surface area contributed by atoms with Crippen LogP contribution in [0.3, 0.4) is 0 Å². The van der Waals surface area contributed by atoms with Gasteiger partial charge in [-0.1, -0.05) is 0 Å². The van der Waals surface area contributed by atoms with Gasteiger partial charge in [-0.15, -0.1) is 0 Å². The second-order valence-electron chi connectivity index (χ2n) is 5.44. The van der Waals surface area contributed by atoms with Crippen LogP contribution in [0.25, 0.3) is 11.2 Å². The van der Waals surface area contributed by atoms with E-state index in [1.54, 1.807) is 11.7 Å². The van der Waals surface area contributed by atoms with E-state index in [0.29, 0.717) is 11.2 Å². The van der Waals surface area contributed by atoms with Crippen molar-refractivity contribution in [3.05, 3.63) is 27.2 Å². The molecule has 120 valence electrons. The highest BCUT2D eigenvalue weighted by atomic mass is 16.5. The molecule has 0 radical (unpaired) electrons. The van der Waals surface area contributed by atoms with Gasteiger partial charge in [0.1, 0.15) is 5.78 Å². The van der Waals surface area contributed by atoms with Crippen molar-refractivity contribution < 1.29 is 9.53 Å². The lowest BCUT2D eigenvalue weighted by atomic mass is 10.2. The molecule has 2 aromatic rings. The summed E-state index contributed by atoms with van der Waals surface area (Å²) in [6.07, 6.45) is 1.37. The summed E-state index contributed by atoms with van der Waals surface area (Å²) < 4.78 is 9.19. The molecular formula is C14H20N4O4. The molecule has 0 amide bonds. The Balaban J connectivity index is 2.79. The Morgan fingerprint density at radius 3 is 2.55 bits per heavy atom. The van der Waals surface area contributed by atoms with E-state index >= 15 is 0 Å². The molecule has 8 nitrogen and oxygen atoms in total. The lowest BCUT2D eigenvalue weighted by molar-refractivity contribution is -0.117. The fourth-order valence-electron chi connectivity index (χ4n) is 2.38. The summed E-state index contributed by atoms with van der Waals surface area (Å²) in [6, 6.07) is -0.147. The van der Waals surface area contributed by atoms with E-state index in [4.69, 9.17) is 4.74 Å². The number of methoxy groups -OCH3 is 1. The molecule has 0 spiro atoms. The molecule has 0 saturated carbocycles. The van der Waals surface area contributed by atoms with Crippen LogP contribution >= 0.6 is 0 Å². The van der Waals surface area contributed by atoms with Gasteiger partial charge in [0, 0.05) is 14.2 Å². The number of nitrogens with zero attached hydrogens (tertiary/aromatic N) is 4. The van der Waals surface area contributed by atoms with Crippen molar-refractivity contribution in [3.8, 4) is 0 Å². The average molecular weight is 308 g/mol. The zero-order valence-corrected chi connectivity index (χ0v) is 13.4. The first-order valence-corrected chi connectivity index (χ1v) is 6.98. The van der Waals surface area contributed by atoms with E-state index in [0.717, 1.165) is 4.57 Å². The largest absolute Gasteiger partial charge is 0.380 e. The summed E-state index contributed by atoms with van der Waals surface area (Å²) in [5.41, 5.74) is -0.476. The molecule has 2 aromatic heterocycles. The maximum absolute atomic E-state index is 12.6. The quantitative estimate of drug-likeness (QED) is 0.780. The van der Waals surface area contributed by atoms with Gasteiger partial charge in [0.25, 0.3) is 5.56 Å². The zero-order valence-electron chi connectivity index (χ0n) is 13.4. The van der Waals surface area contributed by atoms with Crippen molar-refractivity contribution in [2.45, 2.75) is 39.5 Å². The molecule has 22 heavy (non-hydrogen) atoms. The highest BCUT2D eigenvalue weighted by Gasteiger charge is 2.21. The lowest BCUT2D eigenvalue weighted by Crippen LogP contribution is -2.41. The number of rotatable bonds is 5. The molecule has 0 N–H and O–H groups in total. The Labute approximate surface area is 126 Å². The zero-order chi connectivity index (χ0) is 16.6. The van der Waals surface area contributed by atoms with E-state index in [1.165, 1.54) is 24.9 Å². The van der Waals surface area contributed by atoms with Gasteiger partial charge in [0.2, 0.25) is 0 Å². The molecule has 0 aliphatic carbocycles. The molecule has 2 heterocycles.